The summed E-state index contributed by atoms with van der Waals surface area (Å²) in [5, 5.41) is 7.17. The van der Waals surface area contributed by atoms with E-state index in [0.29, 0.717) is 30.9 Å². The number of hydrogen-bond acceptors (Lipinski definition) is 3. The molecule has 7 heteroatoms. The predicted octanol–water partition coefficient (Wildman–Crippen LogP) is 3.17. The molecule has 144 valence electrons. The Morgan fingerprint density at radius 2 is 1.93 bits per heavy atom. The van der Waals surface area contributed by atoms with E-state index in [1.54, 1.807) is 11.6 Å². The second-order valence-electron chi connectivity index (χ2n) is 7.61. The molecule has 0 atom stereocenters. The molecule has 4 rings (SSSR count). The normalized spacial score (nSPS) is 16.8. The molecule has 0 unspecified atom stereocenters. The number of aromatic nitrogens is 3. The number of aryl methyl sites for hydroxylation is 2. The molecule has 0 amide bonds. The first kappa shape index (κ1) is 18.1. The van der Waals surface area contributed by atoms with Gasteiger partial charge in [-0.05, 0) is 50.2 Å². The number of alkyl halides is 2. The Morgan fingerprint density at radius 1 is 1.19 bits per heavy atom. The zero-order chi connectivity index (χ0) is 19.1. The predicted molar refractivity (Wildman–Crippen MR) is 102 cm³/mol. The number of nitrogens with zero attached hydrogens (tertiary/aromatic N) is 4. The van der Waals surface area contributed by atoms with Crippen LogP contribution in [0.15, 0.2) is 29.2 Å². The summed E-state index contributed by atoms with van der Waals surface area (Å²) < 4.78 is 28.7. The van der Waals surface area contributed by atoms with Crippen molar-refractivity contribution in [1.29, 1.82) is 0 Å². The molecule has 1 aliphatic rings. The summed E-state index contributed by atoms with van der Waals surface area (Å²) in [5.41, 5.74) is 1.86. The maximum Gasteiger partial charge on any atom is 0.259 e. The largest absolute Gasteiger partial charge is 0.298 e. The van der Waals surface area contributed by atoms with Crippen molar-refractivity contribution in [2.24, 2.45) is 13.0 Å². The number of pyridine rings is 1. The third-order valence-electron chi connectivity index (χ3n) is 5.66. The molecule has 3 heterocycles. The summed E-state index contributed by atoms with van der Waals surface area (Å²) in [6, 6.07) is 5.92. The fourth-order valence-electron chi connectivity index (χ4n) is 4.19. The van der Waals surface area contributed by atoms with Gasteiger partial charge in [-0.25, -0.2) is 13.5 Å². The molecule has 5 nitrogen and oxygen atoms in total. The summed E-state index contributed by atoms with van der Waals surface area (Å²) >= 11 is 0. The molecule has 0 saturated carbocycles. The lowest BCUT2D eigenvalue weighted by Gasteiger charge is -2.31. The van der Waals surface area contributed by atoms with E-state index < -0.39 is 6.43 Å². The molecule has 1 aliphatic heterocycles. The highest BCUT2D eigenvalue weighted by molar-refractivity contribution is 6.04. The molecule has 1 saturated heterocycles. The van der Waals surface area contributed by atoms with Gasteiger partial charge in [0.15, 0.2) is 0 Å². The van der Waals surface area contributed by atoms with Crippen LogP contribution in [0, 0.1) is 12.8 Å². The standard InChI is InChI=1S/C20H24F2N4O/c1-13-3-4-15-16(9-13)20(27)24(2)19-17(15)10-23-26(19)11-14-5-7-25(8-6-14)12-18(21)22/h3-4,9-10,14,18H,5-8,11-12H2,1-2H3. The van der Waals surface area contributed by atoms with Gasteiger partial charge in [0.1, 0.15) is 5.65 Å². The molecule has 0 radical (unpaired) electrons. The molecule has 1 fully saturated rings. The van der Waals surface area contributed by atoms with Crippen LogP contribution in [-0.4, -0.2) is 45.3 Å². The Labute approximate surface area is 156 Å². The van der Waals surface area contributed by atoms with Crippen LogP contribution in [0.5, 0.6) is 0 Å². The third kappa shape index (κ3) is 3.36. The number of piperidine rings is 1. The third-order valence-corrected chi connectivity index (χ3v) is 5.66. The van der Waals surface area contributed by atoms with Crippen molar-refractivity contribution in [2.45, 2.75) is 32.7 Å². The molecule has 0 bridgehead atoms. The summed E-state index contributed by atoms with van der Waals surface area (Å²) in [6.07, 6.45) is 1.30. The Balaban J connectivity index is 1.63. The Bertz CT molecular complexity index is 1030. The van der Waals surface area contributed by atoms with Crippen molar-refractivity contribution in [3.05, 3.63) is 40.3 Å². The Morgan fingerprint density at radius 3 is 2.63 bits per heavy atom. The quantitative estimate of drug-likeness (QED) is 0.705. The SMILES string of the molecule is Cc1ccc2c(c1)c(=O)n(C)c1c2cnn1CC1CCN(CC(F)F)CC1. The van der Waals surface area contributed by atoms with E-state index in [1.807, 2.05) is 40.9 Å². The minimum Gasteiger partial charge on any atom is -0.298 e. The fraction of sp³-hybridized carbons (Fsp3) is 0.500. The second-order valence-corrected chi connectivity index (χ2v) is 7.61. The molecular weight excluding hydrogens is 350 g/mol. The van der Waals surface area contributed by atoms with E-state index >= 15 is 0 Å². The van der Waals surface area contributed by atoms with Crippen LogP contribution in [-0.2, 0) is 13.6 Å². The van der Waals surface area contributed by atoms with Gasteiger partial charge in [-0.15, -0.1) is 0 Å². The smallest absolute Gasteiger partial charge is 0.259 e. The average molecular weight is 374 g/mol. The molecular formula is C20H24F2N4O. The molecule has 0 N–H and O–H groups in total. The summed E-state index contributed by atoms with van der Waals surface area (Å²) in [6.45, 7) is 3.92. The molecule has 2 aromatic heterocycles. The van der Waals surface area contributed by atoms with Gasteiger partial charge in [0, 0.05) is 24.4 Å². The number of fused-ring (bicyclic) bond motifs is 3. The van der Waals surface area contributed by atoms with Crippen LogP contribution < -0.4 is 5.56 Å². The lowest BCUT2D eigenvalue weighted by atomic mass is 9.97. The molecule has 0 aliphatic carbocycles. The lowest BCUT2D eigenvalue weighted by molar-refractivity contribution is 0.0667. The monoisotopic (exact) mass is 374 g/mol. The number of hydrogen-bond donors (Lipinski definition) is 0. The van der Waals surface area contributed by atoms with Crippen LogP contribution in [0.3, 0.4) is 0 Å². The van der Waals surface area contributed by atoms with Crippen LogP contribution in [0.1, 0.15) is 18.4 Å². The van der Waals surface area contributed by atoms with E-state index in [2.05, 4.69) is 5.10 Å². The van der Waals surface area contributed by atoms with Crippen molar-refractivity contribution in [3.8, 4) is 0 Å². The number of likely N-dealkylation sites (tertiary alicyclic amines) is 1. The summed E-state index contributed by atoms with van der Waals surface area (Å²) in [4.78, 5) is 14.7. The van der Waals surface area contributed by atoms with Crippen molar-refractivity contribution >= 4 is 21.8 Å². The number of benzene rings is 1. The maximum atomic E-state index is 12.8. The highest BCUT2D eigenvalue weighted by Gasteiger charge is 2.23. The minimum atomic E-state index is -2.27. The van der Waals surface area contributed by atoms with Crippen LogP contribution in [0.25, 0.3) is 21.8 Å². The van der Waals surface area contributed by atoms with E-state index in [1.165, 1.54) is 0 Å². The number of rotatable bonds is 4. The molecule has 27 heavy (non-hydrogen) atoms. The van der Waals surface area contributed by atoms with Crippen molar-refractivity contribution < 1.29 is 8.78 Å². The first-order valence-corrected chi connectivity index (χ1v) is 9.39. The Kier molecular flexibility index (Phi) is 4.72. The summed E-state index contributed by atoms with van der Waals surface area (Å²) in [5.74, 6) is 0.380. The maximum absolute atomic E-state index is 12.8. The van der Waals surface area contributed by atoms with Gasteiger partial charge in [-0.3, -0.25) is 14.3 Å². The molecule has 0 spiro atoms. The summed E-state index contributed by atoms with van der Waals surface area (Å²) in [7, 11) is 1.79. The van der Waals surface area contributed by atoms with Gasteiger partial charge >= 0.3 is 0 Å². The van der Waals surface area contributed by atoms with Gasteiger partial charge in [0.25, 0.3) is 12.0 Å². The van der Waals surface area contributed by atoms with E-state index in [4.69, 9.17) is 0 Å². The number of halogens is 2. The van der Waals surface area contributed by atoms with Gasteiger partial charge in [0.2, 0.25) is 0 Å². The first-order chi connectivity index (χ1) is 12.9. The average Bonchev–Trinajstić information content (AvgIpc) is 3.04. The van der Waals surface area contributed by atoms with E-state index in [0.717, 1.165) is 34.8 Å². The first-order valence-electron chi connectivity index (χ1n) is 9.39. The fourth-order valence-corrected chi connectivity index (χ4v) is 4.19. The minimum absolute atomic E-state index is 0.0188. The van der Waals surface area contributed by atoms with Gasteiger partial charge in [0.05, 0.1) is 12.7 Å². The van der Waals surface area contributed by atoms with Crippen molar-refractivity contribution in [3.63, 3.8) is 0 Å². The zero-order valence-corrected chi connectivity index (χ0v) is 15.7. The lowest BCUT2D eigenvalue weighted by Crippen LogP contribution is -2.38. The highest BCUT2D eigenvalue weighted by atomic mass is 19.3. The van der Waals surface area contributed by atoms with Crippen LogP contribution in [0.4, 0.5) is 8.78 Å². The van der Waals surface area contributed by atoms with Crippen molar-refractivity contribution in [2.75, 3.05) is 19.6 Å². The molecule has 3 aromatic rings. The van der Waals surface area contributed by atoms with E-state index in [-0.39, 0.29) is 12.1 Å². The Hall–Kier alpha value is -2.28. The van der Waals surface area contributed by atoms with E-state index in [9.17, 15) is 13.6 Å². The van der Waals surface area contributed by atoms with Crippen LogP contribution >= 0.6 is 0 Å². The van der Waals surface area contributed by atoms with Crippen LogP contribution in [0.2, 0.25) is 0 Å². The topological polar surface area (TPSA) is 43.1 Å². The molecule has 1 aromatic carbocycles. The van der Waals surface area contributed by atoms with Crippen molar-refractivity contribution in [1.82, 2.24) is 19.2 Å². The highest BCUT2D eigenvalue weighted by Crippen LogP contribution is 2.25. The van der Waals surface area contributed by atoms with Gasteiger partial charge in [-0.2, -0.15) is 5.10 Å². The van der Waals surface area contributed by atoms with Gasteiger partial charge in [-0.1, -0.05) is 17.7 Å². The van der Waals surface area contributed by atoms with Gasteiger partial charge < -0.3 is 0 Å². The second kappa shape index (κ2) is 7.03. The zero-order valence-electron chi connectivity index (χ0n) is 15.7.